The van der Waals surface area contributed by atoms with Gasteiger partial charge in [0.1, 0.15) is 5.15 Å². The number of aryl methyl sites for hydroxylation is 2. The minimum atomic E-state index is -0.232. The number of aromatic nitrogens is 2. The summed E-state index contributed by atoms with van der Waals surface area (Å²) < 4.78 is 0. The molecule has 0 unspecified atom stereocenters. The van der Waals surface area contributed by atoms with Gasteiger partial charge in [0.15, 0.2) is 5.13 Å². The van der Waals surface area contributed by atoms with Crippen LogP contribution in [0.5, 0.6) is 0 Å². The Hall–Kier alpha value is -1.98. The number of benzene rings is 1. The normalized spacial score (nSPS) is 10.8. The molecule has 0 fully saturated rings. The number of thiazole rings is 1. The summed E-state index contributed by atoms with van der Waals surface area (Å²) >= 11 is 7.52. The molecule has 1 aromatic carbocycles. The van der Waals surface area contributed by atoms with Gasteiger partial charge in [-0.25, -0.2) is 9.97 Å². The summed E-state index contributed by atoms with van der Waals surface area (Å²) in [5, 5.41) is 5.34. The molecule has 0 radical (unpaired) electrons. The fourth-order valence-corrected chi connectivity index (χ4v) is 3.05. The van der Waals surface area contributed by atoms with Crippen molar-refractivity contribution in [1.82, 2.24) is 9.97 Å². The number of pyridine rings is 1. The number of fused-ring (bicyclic) bond motifs is 1. The van der Waals surface area contributed by atoms with Crippen LogP contribution in [-0.2, 0) is 0 Å². The first-order valence-corrected chi connectivity index (χ1v) is 7.54. The van der Waals surface area contributed by atoms with Gasteiger partial charge >= 0.3 is 0 Å². The van der Waals surface area contributed by atoms with Crippen molar-refractivity contribution < 1.29 is 4.79 Å². The number of carbonyl (C=O) groups is 1. The van der Waals surface area contributed by atoms with Gasteiger partial charge in [-0.15, -0.1) is 11.3 Å². The van der Waals surface area contributed by atoms with Crippen LogP contribution < -0.4 is 5.32 Å². The Morgan fingerprint density at radius 1 is 1.24 bits per heavy atom. The zero-order valence-electron chi connectivity index (χ0n) is 11.5. The van der Waals surface area contributed by atoms with E-state index in [4.69, 9.17) is 11.6 Å². The maximum Gasteiger partial charge on any atom is 0.259 e. The quantitative estimate of drug-likeness (QED) is 0.720. The van der Waals surface area contributed by atoms with Crippen LogP contribution in [0.25, 0.3) is 10.8 Å². The van der Waals surface area contributed by atoms with Gasteiger partial charge in [0.2, 0.25) is 0 Å². The van der Waals surface area contributed by atoms with Crippen molar-refractivity contribution >= 4 is 44.7 Å². The fourth-order valence-electron chi connectivity index (χ4n) is 2.03. The van der Waals surface area contributed by atoms with Crippen LogP contribution in [-0.4, -0.2) is 15.9 Å². The molecule has 0 saturated carbocycles. The van der Waals surface area contributed by atoms with Gasteiger partial charge in [-0.2, -0.15) is 0 Å². The van der Waals surface area contributed by atoms with Gasteiger partial charge in [-0.3, -0.25) is 10.1 Å². The Labute approximate surface area is 130 Å². The third-order valence-corrected chi connectivity index (χ3v) is 4.53. The summed E-state index contributed by atoms with van der Waals surface area (Å²) in [5.74, 6) is -0.232. The summed E-state index contributed by atoms with van der Waals surface area (Å²) in [5.41, 5.74) is 1.41. The number of carbonyl (C=O) groups excluding carboxylic acids is 1. The third kappa shape index (κ3) is 2.62. The molecule has 4 nitrogen and oxygen atoms in total. The number of anilines is 1. The molecule has 0 aliphatic carbocycles. The second kappa shape index (κ2) is 5.42. The van der Waals surface area contributed by atoms with Crippen LogP contribution in [0.3, 0.4) is 0 Å². The first kappa shape index (κ1) is 14.0. The average Bonchev–Trinajstić information content (AvgIpc) is 2.77. The van der Waals surface area contributed by atoms with Gasteiger partial charge in [0, 0.05) is 16.5 Å². The molecular formula is C15H12ClN3OS. The minimum absolute atomic E-state index is 0.232. The maximum atomic E-state index is 12.4. The Morgan fingerprint density at radius 2 is 1.95 bits per heavy atom. The second-order valence-electron chi connectivity index (χ2n) is 4.62. The molecule has 1 N–H and O–H groups in total. The van der Waals surface area contributed by atoms with Crippen LogP contribution in [0, 0.1) is 13.8 Å². The number of nitrogens with one attached hydrogen (secondary N) is 1. The largest absolute Gasteiger partial charge is 0.298 e. The highest BCUT2D eigenvalue weighted by Crippen LogP contribution is 2.26. The van der Waals surface area contributed by atoms with Crippen molar-refractivity contribution in [2.45, 2.75) is 13.8 Å². The molecule has 2 heterocycles. The predicted molar refractivity (Wildman–Crippen MR) is 86.3 cm³/mol. The van der Waals surface area contributed by atoms with Crippen molar-refractivity contribution in [2.75, 3.05) is 5.32 Å². The number of halogens is 1. The lowest BCUT2D eigenvalue weighted by Crippen LogP contribution is -2.12. The molecule has 0 bridgehead atoms. The molecule has 3 rings (SSSR count). The van der Waals surface area contributed by atoms with E-state index in [1.165, 1.54) is 17.5 Å². The van der Waals surface area contributed by atoms with Gasteiger partial charge in [0.25, 0.3) is 5.91 Å². The van der Waals surface area contributed by atoms with E-state index in [2.05, 4.69) is 15.3 Å². The van der Waals surface area contributed by atoms with E-state index >= 15 is 0 Å². The van der Waals surface area contributed by atoms with Gasteiger partial charge < -0.3 is 0 Å². The van der Waals surface area contributed by atoms with E-state index in [0.717, 1.165) is 21.3 Å². The Kier molecular flexibility index (Phi) is 3.61. The van der Waals surface area contributed by atoms with Crippen LogP contribution in [0.2, 0.25) is 5.15 Å². The first-order chi connectivity index (χ1) is 10.1. The molecule has 0 saturated heterocycles. The molecule has 0 aliphatic heterocycles. The summed E-state index contributed by atoms with van der Waals surface area (Å²) in [6, 6.07) is 7.44. The van der Waals surface area contributed by atoms with E-state index in [0.29, 0.717) is 15.8 Å². The van der Waals surface area contributed by atoms with E-state index in [1.807, 2.05) is 38.1 Å². The Morgan fingerprint density at radius 3 is 2.62 bits per heavy atom. The van der Waals surface area contributed by atoms with Crippen molar-refractivity contribution in [3.8, 4) is 0 Å². The molecule has 3 aromatic rings. The zero-order chi connectivity index (χ0) is 15.0. The Bertz CT molecular complexity index is 825. The van der Waals surface area contributed by atoms with Gasteiger partial charge in [-0.05, 0) is 19.2 Å². The van der Waals surface area contributed by atoms with Crippen molar-refractivity contribution in [3.05, 3.63) is 51.7 Å². The molecule has 0 aliphatic rings. The SMILES string of the molecule is Cc1nc(NC(=O)c2cnc(Cl)c3ccccc23)sc1C. The summed E-state index contributed by atoms with van der Waals surface area (Å²) in [7, 11) is 0. The first-order valence-electron chi connectivity index (χ1n) is 6.35. The maximum absolute atomic E-state index is 12.4. The Balaban J connectivity index is 2.00. The number of hydrogen-bond acceptors (Lipinski definition) is 4. The van der Waals surface area contributed by atoms with Gasteiger partial charge in [-0.1, -0.05) is 35.9 Å². The van der Waals surface area contributed by atoms with Crippen LogP contribution in [0.15, 0.2) is 30.5 Å². The standard InChI is InChI=1S/C15H12ClN3OS/c1-8-9(2)21-15(18-8)19-14(20)12-7-17-13(16)11-6-4-3-5-10(11)12/h3-7H,1-2H3,(H,18,19,20). The van der Waals surface area contributed by atoms with E-state index in [9.17, 15) is 4.79 Å². The summed E-state index contributed by atoms with van der Waals surface area (Å²) in [4.78, 5) is 21.9. The highest BCUT2D eigenvalue weighted by molar-refractivity contribution is 7.15. The fraction of sp³-hybridized carbons (Fsp3) is 0.133. The molecule has 21 heavy (non-hydrogen) atoms. The third-order valence-electron chi connectivity index (χ3n) is 3.24. The van der Waals surface area contributed by atoms with E-state index in [-0.39, 0.29) is 5.91 Å². The minimum Gasteiger partial charge on any atom is -0.298 e. The van der Waals surface area contributed by atoms with Crippen molar-refractivity contribution in [1.29, 1.82) is 0 Å². The number of amides is 1. The van der Waals surface area contributed by atoms with Crippen LogP contribution in [0.1, 0.15) is 20.9 Å². The van der Waals surface area contributed by atoms with E-state index < -0.39 is 0 Å². The van der Waals surface area contributed by atoms with Crippen molar-refractivity contribution in [3.63, 3.8) is 0 Å². The predicted octanol–water partition coefficient (Wildman–Crippen LogP) is 4.21. The molecule has 6 heteroatoms. The molecule has 0 spiro atoms. The smallest absolute Gasteiger partial charge is 0.259 e. The lowest BCUT2D eigenvalue weighted by molar-refractivity contribution is 0.102. The average molecular weight is 318 g/mol. The lowest BCUT2D eigenvalue weighted by Gasteiger charge is -2.06. The summed E-state index contributed by atoms with van der Waals surface area (Å²) in [6.07, 6.45) is 1.49. The lowest BCUT2D eigenvalue weighted by atomic mass is 10.1. The number of rotatable bonds is 2. The molecular weight excluding hydrogens is 306 g/mol. The zero-order valence-corrected chi connectivity index (χ0v) is 13.0. The number of hydrogen-bond donors (Lipinski definition) is 1. The second-order valence-corrected chi connectivity index (χ2v) is 6.18. The molecule has 1 amide bonds. The van der Waals surface area contributed by atoms with Crippen molar-refractivity contribution in [2.24, 2.45) is 0 Å². The summed E-state index contributed by atoms with van der Waals surface area (Å²) in [6.45, 7) is 3.89. The molecule has 2 aromatic heterocycles. The highest BCUT2D eigenvalue weighted by atomic mass is 35.5. The number of nitrogens with zero attached hydrogens (tertiary/aromatic N) is 2. The monoisotopic (exact) mass is 317 g/mol. The highest BCUT2D eigenvalue weighted by Gasteiger charge is 2.14. The van der Waals surface area contributed by atoms with Crippen LogP contribution >= 0.6 is 22.9 Å². The van der Waals surface area contributed by atoms with E-state index in [1.54, 1.807) is 0 Å². The topological polar surface area (TPSA) is 54.9 Å². The molecule has 0 atom stereocenters. The molecule has 106 valence electrons. The van der Waals surface area contributed by atoms with Crippen LogP contribution in [0.4, 0.5) is 5.13 Å². The van der Waals surface area contributed by atoms with Gasteiger partial charge in [0.05, 0.1) is 11.3 Å².